The van der Waals surface area contributed by atoms with Crippen LogP contribution in [-0.2, 0) is 0 Å². The summed E-state index contributed by atoms with van der Waals surface area (Å²) in [7, 11) is 0. The topological polar surface area (TPSA) is 35.1 Å². The predicted octanol–water partition coefficient (Wildman–Crippen LogP) is -1.63. The quantitative estimate of drug-likeness (QED) is 0.278. The molecule has 4 rings (SSSR count). The van der Waals surface area contributed by atoms with E-state index in [1.54, 1.807) is 0 Å². The molecule has 0 spiro atoms. The molecule has 0 fully saturated rings. The van der Waals surface area contributed by atoms with Crippen LogP contribution in [0.2, 0.25) is 0 Å². The molecule has 0 aliphatic heterocycles. The molecule has 1 aromatic heterocycles. The van der Waals surface area contributed by atoms with Crippen molar-refractivity contribution in [1.29, 1.82) is 0 Å². The molecule has 5 heteroatoms. The molecule has 0 amide bonds. The molecule has 122 valence electrons. The molecule has 2 nitrogen and oxygen atoms in total. The van der Waals surface area contributed by atoms with Crippen LogP contribution in [0, 0.1) is 0 Å². The fraction of sp³-hybridized carbons (Fsp3) is 0. The minimum Gasteiger partial charge on any atom is -1.00 e. The average molecular weight is 442 g/mol. The maximum absolute atomic E-state index is 7.69. The summed E-state index contributed by atoms with van der Waals surface area (Å²) in [4.78, 5) is 0. The number of rotatable bonds is 3. The fourth-order valence-corrected chi connectivity index (χ4v) is 2.82. The van der Waals surface area contributed by atoms with E-state index in [-0.39, 0.29) is 156 Å². The van der Waals surface area contributed by atoms with Crippen LogP contribution < -0.4 is 154 Å². The molecular formula is C23H18K3NO+2. The first-order valence-corrected chi connectivity index (χ1v) is 8.21. The molecule has 0 atom stereocenters. The third-order valence-electron chi connectivity index (χ3n) is 4.13. The normalized spacial score (nSPS) is 9.43. The van der Waals surface area contributed by atoms with Crippen LogP contribution in [0.3, 0.4) is 0 Å². The van der Waals surface area contributed by atoms with Crippen LogP contribution >= 0.6 is 0 Å². The van der Waals surface area contributed by atoms with Crippen molar-refractivity contribution in [3.05, 3.63) is 103 Å². The maximum Gasteiger partial charge on any atom is 1.00 e. The van der Waals surface area contributed by atoms with Gasteiger partial charge < -0.3 is 7.16 Å². The number of hydrogen-bond donors (Lipinski definition) is 0. The minimum absolute atomic E-state index is 0. The molecule has 0 bridgehead atoms. The zero-order valence-corrected chi connectivity index (χ0v) is 26.0. The monoisotopic (exact) mass is 441 g/mol. The van der Waals surface area contributed by atoms with Gasteiger partial charge >= 0.3 is 166 Å². The van der Waals surface area contributed by atoms with Crippen molar-refractivity contribution >= 4 is 5.69 Å². The fourth-order valence-electron chi connectivity index (χ4n) is 2.82. The van der Waals surface area contributed by atoms with Crippen molar-refractivity contribution in [3.8, 4) is 33.8 Å². The Hall–Kier alpha value is 1.52. The van der Waals surface area contributed by atoms with Crippen molar-refractivity contribution in [1.82, 2.24) is 0 Å². The molecule has 0 saturated carbocycles. The van der Waals surface area contributed by atoms with Crippen molar-refractivity contribution < 1.29 is 160 Å². The van der Waals surface area contributed by atoms with Gasteiger partial charge in [0.05, 0.1) is 23.3 Å². The Balaban J connectivity index is 0.00000196. The molecule has 3 aromatic carbocycles. The molecule has 0 radical (unpaired) electrons. The largest absolute Gasteiger partial charge is 1.00 e. The van der Waals surface area contributed by atoms with Crippen LogP contribution in [0.1, 0.15) is 1.43 Å². The van der Waals surface area contributed by atoms with Gasteiger partial charge in [0.1, 0.15) is 0 Å². The van der Waals surface area contributed by atoms with Gasteiger partial charge in [-0.25, -0.2) is 4.42 Å². The predicted molar refractivity (Wildman–Crippen MR) is 105 cm³/mol. The van der Waals surface area contributed by atoms with Crippen molar-refractivity contribution in [2.45, 2.75) is 0 Å². The molecule has 0 saturated heterocycles. The summed E-state index contributed by atoms with van der Waals surface area (Å²) in [6, 6.07) is 31.9. The Bertz CT molecular complexity index is 940. The van der Waals surface area contributed by atoms with Crippen LogP contribution in [-0.4, -0.2) is 0 Å². The average Bonchev–Trinajstić information content (AvgIpc) is 2.69. The van der Waals surface area contributed by atoms with Crippen LogP contribution in [0.25, 0.3) is 39.5 Å². The van der Waals surface area contributed by atoms with E-state index in [2.05, 4.69) is 12.1 Å². The molecule has 4 aromatic rings. The first-order chi connectivity index (χ1) is 12.3. The second-order valence-corrected chi connectivity index (χ2v) is 5.88. The summed E-state index contributed by atoms with van der Waals surface area (Å²) in [6.07, 6.45) is 0. The summed E-state index contributed by atoms with van der Waals surface area (Å²) in [5.74, 6) is 1.65. The first-order valence-electron chi connectivity index (χ1n) is 8.21. The SMILES string of the molecule is [H-].[K+].[K+].[K+].[NH-]c1ccc(-c2cc(-c3ccccc3)[o+]c(-c3ccccc3)c2)cc1. The van der Waals surface area contributed by atoms with E-state index in [1.807, 2.05) is 84.9 Å². The standard InChI is InChI=1S/C23H17NO.3K.H/c24-21-13-11-17(12-14-21)20-15-22(18-7-3-1-4-8-18)25-23(16-20)19-9-5-2-6-10-19;;;;/h1-16,24H;;;;/q;3*+1;-1. The van der Waals surface area contributed by atoms with Crippen molar-refractivity contribution in [3.63, 3.8) is 0 Å². The zero-order valence-electron chi connectivity index (χ0n) is 17.6. The summed E-state index contributed by atoms with van der Waals surface area (Å²) in [6.45, 7) is 0. The summed E-state index contributed by atoms with van der Waals surface area (Å²) in [5.41, 5.74) is 12.4. The van der Waals surface area contributed by atoms with Crippen molar-refractivity contribution in [2.75, 3.05) is 0 Å². The first kappa shape index (κ1) is 27.6. The summed E-state index contributed by atoms with van der Waals surface area (Å²) >= 11 is 0. The van der Waals surface area contributed by atoms with Gasteiger partial charge in [-0.1, -0.05) is 60.7 Å². The maximum atomic E-state index is 7.69. The van der Waals surface area contributed by atoms with E-state index in [0.29, 0.717) is 5.69 Å². The van der Waals surface area contributed by atoms with Gasteiger partial charge in [-0.2, -0.15) is 0 Å². The number of benzene rings is 3. The van der Waals surface area contributed by atoms with Gasteiger partial charge in [0, 0.05) is 5.56 Å². The second kappa shape index (κ2) is 13.8. The molecule has 1 heterocycles. The number of hydrogen-bond acceptors (Lipinski definition) is 0. The Morgan fingerprint density at radius 1 is 0.500 bits per heavy atom. The molecule has 1 N–H and O–H groups in total. The van der Waals surface area contributed by atoms with Gasteiger partial charge in [0.2, 0.25) is 0 Å². The second-order valence-electron chi connectivity index (χ2n) is 5.88. The van der Waals surface area contributed by atoms with Gasteiger partial charge in [0.25, 0.3) is 0 Å². The molecule has 28 heavy (non-hydrogen) atoms. The van der Waals surface area contributed by atoms with E-state index in [4.69, 9.17) is 10.2 Å². The van der Waals surface area contributed by atoms with Gasteiger partial charge in [0.15, 0.2) is 0 Å². The third kappa shape index (κ3) is 7.29. The summed E-state index contributed by atoms with van der Waals surface area (Å²) in [5, 5.41) is 0. The van der Waals surface area contributed by atoms with Gasteiger partial charge in [-0.3, -0.25) is 0 Å². The Morgan fingerprint density at radius 3 is 1.36 bits per heavy atom. The van der Waals surface area contributed by atoms with E-state index in [1.165, 1.54) is 0 Å². The smallest absolute Gasteiger partial charge is 1.00 e. The third-order valence-corrected chi connectivity index (χ3v) is 4.13. The Kier molecular flexibility index (Phi) is 13.6. The van der Waals surface area contributed by atoms with Crippen molar-refractivity contribution in [2.24, 2.45) is 0 Å². The zero-order chi connectivity index (χ0) is 17.1. The molecule has 0 unspecified atom stereocenters. The Labute approximate surface area is 295 Å². The van der Waals surface area contributed by atoms with Gasteiger partial charge in [-0.05, 0) is 29.8 Å². The molecule has 0 aliphatic carbocycles. The van der Waals surface area contributed by atoms with E-state index < -0.39 is 0 Å². The van der Waals surface area contributed by atoms with Crippen LogP contribution in [0.5, 0.6) is 0 Å². The van der Waals surface area contributed by atoms with E-state index in [9.17, 15) is 0 Å². The van der Waals surface area contributed by atoms with Crippen LogP contribution in [0.15, 0.2) is 101 Å². The Morgan fingerprint density at radius 2 is 0.929 bits per heavy atom. The molecule has 0 aliphatic rings. The minimum atomic E-state index is 0. The van der Waals surface area contributed by atoms with Gasteiger partial charge in [-0.15, -0.1) is 5.69 Å². The van der Waals surface area contributed by atoms with E-state index in [0.717, 1.165) is 33.8 Å². The molecular weight excluding hydrogens is 424 g/mol. The van der Waals surface area contributed by atoms with E-state index >= 15 is 0 Å². The summed E-state index contributed by atoms with van der Waals surface area (Å²) < 4.78 is 6.20. The van der Waals surface area contributed by atoms with Crippen LogP contribution in [0.4, 0.5) is 5.69 Å². The number of nitrogens with one attached hydrogen (secondary N) is 1.